The molecule has 0 bridgehead atoms. The zero-order valence-corrected chi connectivity index (χ0v) is 10.3. The average Bonchev–Trinajstić information content (AvgIpc) is 2.84. The maximum Gasteiger partial charge on any atom is 0.176 e. The molecule has 0 unspecified atom stereocenters. The predicted octanol–water partition coefficient (Wildman–Crippen LogP) is 3.99. The van der Waals surface area contributed by atoms with Crippen LogP contribution in [0, 0.1) is 12.8 Å². The largest absolute Gasteiger partial charge is 0.293 e. The molecule has 15 heavy (non-hydrogen) atoms. The molecule has 0 amide bonds. The van der Waals surface area contributed by atoms with Crippen LogP contribution in [0.5, 0.6) is 0 Å². The summed E-state index contributed by atoms with van der Waals surface area (Å²) in [5.41, 5.74) is 1.26. The summed E-state index contributed by atoms with van der Waals surface area (Å²) >= 11 is 1.68. The van der Waals surface area contributed by atoms with Crippen LogP contribution in [-0.2, 0) is 6.42 Å². The molecular formula is C13H18OS. The first-order valence-corrected chi connectivity index (χ1v) is 6.67. The molecule has 1 aromatic heterocycles. The van der Waals surface area contributed by atoms with Crippen molar-refractivity contribution in [2.24, 2.45) is 5.92 Å². The highest BCUT2D eigenvalue weighted by Crippen LogP contribution is 2.32. The summed E-state index contributed by atoms with van der Waals surface area (Å²) in [5.74, 6) is 0.746. The molecule has 0 radical (unpaired) electrons. The smallest absolute Gasteiger partial charge is 0.176 e. The Morgan fingerprint density at radius 1 is 1.47 bits per heavy atom. The Labute approximate surface area is 95.5 Å². The number of Topliss-reactive ketones (excluding diaryl/α,β-unsaturated/α-hetero) is 1. The Hall–Kier alpha value is -0.630. The van der Waals surface area contributed by atoms with Crippen LogP contribution in [0.15, 0.2) is 6.07 Å². The van der Waals surface area contributed by atoms with Crippen LogP contribution in [0.1, 0.15) is 52.7 Å². The van der Waals surface area contributed by atoms with E-state index in [0.29, 0.717) is 11.7 Å². The van der Waals surface area contributed by atoms with Gasteiger partial charge in [0.2, 0.25) is 0 Å². The van der Waals surface area contributed by atoms with Gasteiger partial charge in [0.25, 0.3) is 0 Å². The van der Waals surface area contributed by atoms with Gasteiger partial charge in [-0.15, -0.1) is 11.3 Å². The first-order valence-electron chi connectivity index (χ1n) is 5.86. The van der Waals surface area contributed by atoms with Gasteiger partial charge in [-0.25, -0.2) is 0 Å². The van der Waals surface area contributed by atoms with E-state index in [0.717, 1.165) is 24.1 Å². The Morgan fingerprint density at radius 3 is 2.73 bits per heavy atom. The van der Waals surface area contributed by atoms with Crippen molar-refractivity contribution in [3.63, 3.8) is 0 Å². The van der Waals surface area contributed by atoms with Crippen LogP contribution in [0.4, 0.5) is 0 Å². The molecule has 0 N–H and O–H groups in total. The van der Waals surface area contributed by atoms with Crippen LogP contribution < -0.4 is 0 Å². The third-order valence-corrected chi connectivity index (χ3v) is 4.37. The number of hydrogen-bond donors (Lipinski definition) is 0. The number of rotatable bonds is 3. The standard InChI is InChI=1S/C13H18OS/c1-3-10-8-9(2)15-13(10)12(14)11-6-4-5-7-11/h8,11H,3-7H2,1-2H3. The Morgan fingerprint density at radius 2 is 2.13 bits per heavy atom. The average molecular weight is 222 g/mol. The summed E-state index contributed by atoms with van der Waals surface area (Å²) in [6, 6.07) is 2.17. The third-order valence-electron chi connectivity index (χ3n) is 3.26. The predicted molar refractivity (Wildman–Crippen MR) is 64.7 cm³/mol. The van der Waals surface area contributed by atoms with Crippen molar-refractivity contribution in [1.82, 2.24) is 0 Å². The molecule has 1 aliphatic rings. The van der Waals surface area contributed by atoms with Gasteiger partial charge < -0.3 is 0 Å². The first kappa shape index (κ1) is 10.9. The van der Waals surface area contributed by atoms with E-state index in [1.54, 1.807) is 11.3 Å². The summed E-state index contributed by atoms with van der Waals surface area (Å²) in [7, 11) is 0. The van der Waals surface area contributed by atoms with Crippen LogP contribution in [-0.4, -0.2) is 5.78 Å². The van der Waals surface area contributed by atoms with Crippen molar-refractivity contribution in [1.29, 1.82) is 0 Å². The molecule has 0 aromatic carbocycles. The SMILES string of the molecule is CCc1cc(C)sc1C(=O)C1CCCC1. The summed E-state index contributed by atoms with van der Waals surface area (Å²) in [6.07, 6.45) is 5.68. The van der Waals surface area contributed by atoms with Gasteiger partial charge >= 0.3 is 0 Å². The molecule has 1 aliphatic carbocycles. The molecule has 1 saturated carbocycles. The van der Waals surface area contributed by atoms with Gasteiger partial charge in [-0.1, -0.05) is 19.8 Å². The maximum atomic E-state index is 12.3. The second kappa shape index (κ2) is 4.48. The lowest BCUT2D eigenvalue weighted by atomic mass is 9.99. The number of carbonyl (C=O) groups excluding carboxylic acids is 1. The van der Waals surface area contributed by atoms with Gasteiger partial charge in [0.1, 0.15) is 0 Å². The molecule has 1 nitrogen and oxygen atoms in total. The van der Waals surface area contributed by atoms with E-state index >= 15 is 0 Å². The van der Waals surface area contributed by atoms with E-state index < -0.39 is 0 Å². The normalized spacial score (nSPS) is 17.2. The minimum atomic E-state index is 0.327. The first-order chi connectivity index (χ1) is 7.22. The molecule has 1 fully saturated rings. The van der Waals surface area contributed by atoms with Crippen LogP contribution in [0.3, 0.4) is 0 Å². The molecule has 0 saturated heterocycles. The fourth-order valence-electron chi connectivity index (χ4n) is 2.41. The fraction of sp³-hybridized carbons (Fsp3) is 0.615. The number of hydrogen-bond acceptors (Lipinski definition) is 2. The van der Waals surface area contributed by atoms with Crippen LogP contribution in [0.2, 0.25) is 0 Å². The fourth-order valence-corrected chi connectivity index (χ4v) is 3.54. The number of thiophene rings is 1. The zero-order valence-electron chi connectivity index (χ0n) is 9.51. The van der Waals surface area contributed by atoms with Gasteiger partial charge in [0, 0.05) is 10.8 Å². The van der Waals surface area contributed by atoms with Crippen LogP contribution in [0.25, 0.3) is 0 Å². The summed E-state index contributed by atoms with van der Waals surface area (Å²) in [5, 5.41) is 0. The molecular weight excluding hydrogens is 204 g/mol. The van der Waals surface area contributed by atoms with Gasteiger partial charge in [-0.3, -0.25) is 4.79 Å². The second-order valence-corrected chi connectivity index (χ2v) is 5.67. The lowest BCUT2D eigenvalue weighted by Gasteiger charge is -2.07. The molecule has 2 rings (SSSR count). The molecule has 1 aromatic rings. The minimum Gasteiger partial charge on any atom is -0.293 e. The van der Waals surface area contributed by atoms with Gasteiger partial charge in [-0.05, 0) is 37.8 Å². The van der Waals surface area contributed by atoms with E-state index in [-0.39, 0.29) is 0 Å². The van der Waals surface area contributed by atoms with E-state index in [2.05, 4.69) is 19.9 Å². The maximum absolute atomic E-state index is 12.3. The lowest BCUT2D eigenvalue weighted by Crippen LogP contribution is -2.10. The van der Waals surface area contributed by atoms with E-state index in [9.17, 15) is 4.79 Å². The topological polar surface area (TPSA) is 17.1 Å². The Bertz CT molecular complexity index is 359. The Kier molecular flexibility index (Phi) is 3.25. The lowest BCUT2D eigenvalue weighted by molar-refractivity contribution is 0.0926. The van der Waals surface area contributed by atoms with Crippen molar-refractivity contribution in [2.75, 3.05) is 0 Å². The number of carbonyl (C=O) groups is 1. The highest BCUT2D eigenvalue weighted by atomic mass is 32.1. The summed E-state index contributed by atoms with van der Waals surface area (Å²) < 4.78 is 0. The molecule has 0 spiro atoms. The number of aryl methyl sites for hydroxylation is 2. The van der Waals surface area contributed by atoms with Crippen molar-refractivity contribution in [3.8, 4) is 0 Å². The minimum absolute atomic E-state index is 0.327. The number of ketones is 1. The molecule has 1 heterocycles. The van der Waals surface area contributed by atoms with Crippen molar-refractivity contribution in [3.05, 3.63) is 21.4 Å². The van der Waals surface area contributed by atoms with Gasteiger partial charge in [0.05, 0.1) is 4.88 Å². The molecule has 82 valence electrons. The quantitative estimate of drug-likeness (QED) is 0.707. The summed E-state index contributed by atoms with van der Waals surface area (Å²) in [6.45, 7) is 4.22. The molecule has 0 aliphatic heterocycles. The van der Waals surface area contributed by atoms with Crippen LogP contribution >= 0.6 is 11.3 Å². The van der Waals surface area contributed by atoms with Crippen molar-refractivity contribution < 1.29 is 4.79 Å². The van der Waals surface area contributed by atoms with E-state index in [1.807, 2.05) is 0 Å². The molecule has 0 atom stereocenters. The van der Waals surface area contributed by atoms with E-state index in [4.69, 9.17) is 0 Å². The third kappa shape index (κ3) is 2.15. The highest BCUT2D eigenvalue weighted by molar-refractivity contribution is 7.14. The van der Waals surface area contributed by atoms with Crippen molar-refractivity contribution in [2.45, 2.75) is 46.0 Å². The monoisotopic (exact) mass is 222 g/mol. The Balaban J connectivity index is 2.23. The second-order valence-electron chi connectivity index (χ2n) is 4.41. The summed E-state index contributed by atoms with van der Waals surface area (Å²) in [4.78, 5) is 14.6. The molecule has 2 heteroatoms. The van der Waals surface area contributed by atoms with Crippen molar-refractivity contribution >= 4 is 17.1 Å². The highest BCUT2D eigenvalue weighted by Gasteiger charge is 2.26. The van der Waals surface area contributed by atoms with E-state index in [1.165, 1.54) is 23.3 Å². The van der Waals surface area contributed by atoms with Gasteiger partial charge in [-0.2, -0.15) is 0 Å². The zero-order chi connectivity index (χ0) is 10.8. The van der Waals surface area contributed by atoms with Gasteiger partial charge in [0.15, 0.2) is 5.78 Å².